The number of carboxylic acids is 1. The maximum absolute atomic E-state index is 12.7. The topological polar surface area (TPSA) is 106 Å². The summed E-state index contributed by atoms with van der Waals surface area (Å²) in [5.74, 6) is -1.27. The standard InChI is InChI=1S/C15H12N2O5S2/c1-8-3-5-9(6-4-8)24(21,22)15-16-13-12(23-15)10(7-18)11(14(19)20)17(13)2/h3-7H,1-2H3,(H,19,20). The van der Waals surface area contributed by atoms with Crippen LogP contribution in [0.5, 0.6) is 0 Å². The van der Waals surface area contributed by atoms with Crippen LogP contribution < -0.4 is 0 Å². The van der Waals surface area contributed by atoms with Gasteiger partial charge in [-0.05, 0) is 19.1 Å². The minimum absolute atomic E-state index is 0.0668. The van der Waals surface area contributed by atoms with Gasteiger partial charge >= 0.3 is 5.97 Å². The van der Waals surface area contributed by atoms with Crippen molar-refractivity contribution >= 4 is 43.8 Å². The lowest BCUT2D eigenvalue weighted by Crippen LogP contribution is -2.08. The van der Waals surface area contributed by atoms with Crippen molar-refractivity contribution in [3.63, 3.8) is 0 Å². The highest BCUT2D eigenvalue weighted by Gasteiger charge is 2.28. The first-order chi connectivity index (χ1) is 11.3. The Kier molecular flexibility index (Phi) is 3.77. The fourth-order valence-electron chi connectivity index (χ4n) is 2.39. The van der Waals surface area contributed by atoms with Gasteiger partial charge in [-0.1, -0.05) is 29.0 Å². The molecule has 0 radical (unpaired) electrons. The van der Waals surface area contributed by atoms with E-state index in [1.54, 1.807) is 12.1 Å². The number of thiazole rings is 1. The molecule has 0 amide bonds. The Morgan fingerprint density at radius 2 is 1.92 bits per heavy atom. The molecule has 0 unspecified atom stereocenters. The zero-order chi connectivity index (χ0) is 17.6. The summed E-state index contributed by atoms with van der Waals surface area (Å²) in [6.45, 7) is 1.85. The average Bonchev–Trinajstić information content (AvgIpc) is 3.06. The predicted octanol–water partition coefficient (Wildman–Crippen LogP) is 2.29. The molecule has 0 aliphatic carbocycles. The second-order valence-corrected chi connectivity index (χ2v) is 8.32. The van der Waals surface area contributed by atoms with Crippen LogP contribution in [-0.4, -0.2) is 35.3 Å². The highest BCUT2D eigenvalue weighted by Crippen LogP contribution is 2.34. The van der Waals surface area contributed by atoms with Crippen molar-refractivity contribution in [2.75, 3.05) is 0 Å². The van der Waals surface area contributed by atoms with E-state index in [0.29, 0.717) is 6.29 Å². The number of rotatable bonds is 4. The molecule has 2 aromatic heterocycles. The summed E-state index contributed by atoms with van der Waals surface area (Å²) in [5.41, 5.74) is 0.804. The molecule has 0 atom stereocenters. The fraction of sp³-hybridized carbons (Fsp3) is 0.133. The Labute approximate surface area is 141 Å². The monoisotopic (exact) mass is 364 g/mol. The van der Waals surface area contributed by atoms with Gasteiger partial charge in [-0.25, -0.2) is 18.2 Å². The van der Waals surface area contributed by atoms with Crippen LogP contribution in [0.15, 0.2) is 33.5 Å². The van der Waals surface area contributed by atoms with E-state index in [1.165, 1.54) is 23.7 Å². The molecule has 124 valence electrons. The van der Waals surface area contributed by atoms with Gasteiger partial charge in [0.05, 0.1) is 15.2 Å². The first-order valence-corrected chi connectivity index (χ1v) is 9.06. The SMILES string of the molecule is Cc1ccc(S(=O)(=O)c2nc3c(s2)c(C=O)c(C(=O)O)n3C)cc1. The van der Waals surface area contributed by atoms with Gasteiger partial charge in [-0.2, -0.15) is 0 Å². The third-order valence-electron chi connectivity index (χ3n) is 3.62. The Morgan fingerprint density at radius 1 is 1.29 bits per heavy atom. The van der Waals surface area contributed by atoms with Crippen LogP contribution in [-0.2, 0) is 16.9 Å². The van der Waals surface area contributed by atoms with E-state index in [9.17, 15) is 23.1 Å². The van der Waals surface area contributed by atoms with Crippen LogP contribution in [0.25, 0.3) is 10.3 Å². The highest BCUT2D eigenvalue weighted by atomic mass is 32.2. The minimum atomic E-state index is -3.83. The number of nitrogens with zero attached hydrogens (tertiary/aromatic N) is 2. The molecule has 3 aromatic rings. The van der Waals surface area contributed by atoms with Crippen molar-refractivity contribution in [3.8, 4) is 0 Å². The van der Waals surface area contributed by atoms with Crippen molar-refractivity contribution < 1.29 is 23.1 Å². The van der Waals surface area contributed by atoms with E-state index in [4.69, 9.17) is 0 Å². The highest BCUT2D eigenvalue weighted by molar-refractivity contribution is 7.93. The first kappa shape index (κ1) is 16.3. The van der Waals surface area contributed by atoms with Gasteiger partial charge in [-0.3, -0.25) is 4.79 Å². The van der Waals surface area contributed by atoms with Crippen LogP contribution in [0.3, 0.4) is 0 Å². The van der Waals surface area contributed by atoms with Crippen molar-refractivity contribution in [2.45, 2.75) is 16.2 Å². The summed E-state index contributed by atoms with van der Waals surface area (Å²) < 4.78 is 26.6. The maximum atomic E-state index is 12.7. The molecule has 2 heterocycles. The zero-order valence-corrected chi connectivity index (χ0v) is 14.3. The number of sulfone groups is 1. The van der Waals surface area contributed by atoms with E-state index in [1.807, 2.05) is 6.92 Å². The van der Waals surface area contributed by atoms with E-state index in [-0.39, 0.29) is 30.8 Å². The van der Waals surface area contributed by atoms with Gasteiger partial charge in [-0.15, -0.1) is 0 Å². The summed E-state index contributed by atoms with van der Waals surface area (Å²) >= 11 is 0.792. The molecule has 0 spiro atoms. The number of hydrogen-bond donors (Lipinski definition) is 1. The summed E-state index contributed by atoms with van der Waals surface area (Å²) in [4.78, 5) is 26.7. The number of fused-ring (bicyclic) bond motifs is 1. The van der Waals surface area contributed by atoms with Crippen LogP contribution in [0.1, 0.15) is 26.4 Å². The summed E-state index contributed by atoms with van der Waals surface area (Å²) in [6, 6.07) is 6.33. The molecule has 0 saturated carbocycles. The maximum Gasteiger partial charge on any atom is 0.353 e. The molecule has 24 heavy (non-hydrogen) atoms. The summed E-state index contributed by atoms with van der Waals surface area (Å²) in [5, 5.41) is 9.21. The first-order valence-electron chi connectivity index (χ1n) is 6.76. The molecular formula is C15H12N2O5S2. The molecule has 3 rings (SSSR count). The third kappa shape index (κ3) is 2.33. The van der Waals surface area contributed by atoms with Gasteiger partial charge in [0.1, 0.15) is 5.69 Å². The van der Waals surface area contributed by atoms with Crippen LogP contribution in [0.4, 0.5) is 0 Å². The molecule has 7 nitrogen and oxygen atoms in total. The number of benzene rings is 1. The molecule has 1 aromatic carbocycles. The van der Waals surface area contributed by atoms with E-state index in [2.05, 4.69) is 4.98 Å². The molecule has 0 fully saturated rings. The number of aromatic nitrogens is 2. The van der Waals surface area contributed by atoms with E-state index in [0.717, 1.165) is 16.9 Å². The normalized spacial score (nSPS) is 11.8. The van der Waals surface area contributed by atoms with Crippen molar-refractivity contribution in [1.29, 1.82) is 0 Å². The molecule has 9 heteroatoms. The van der Waals surface area contributed by atoms with Gasteiger partial charge in [0.2, 0.25) is 14.2 Å². The Balaban J connectivity index is 2.24. The Morgan fingerprint density at radius 3 is 2.46 bits per heavy atom. The number of hydrogen-bond acceptors (Lipinski definition) is 6. The van der Waals surface area contributed by atoms with Crippen molar-refractivity contribution in [1.82, 2.24) is 9.55 Å². The molecule has 0 aliphatic heterocycles. The largest absolute Gasteiger partial charge is 0.477 e. The van der Waals surface area contributed by atoms with Crippen LogP contribution in [0.2, 0.25) is 0 Å². The van der Waals surface area contributed by atoms with Crippen LogP contribution >= 0.6 is 11.3 Å². The number of aldehydes is 1. The zero-order valence-electron chi connectivity index (χ0n) is 12.7. The quantitative estimate of drug-likeness (QED) is 0.712. The number of carboxylic acid groups (broad SMARTS) is 1. The van der Waals surface area contributed by atoms with Crippen molar-refractivity contribution in [3.05, 3.63) is 41.1 Å². The lowest BCUT2D eigenvalue weighted by Gasteiger charge is -2.02. The Hall–Kier alpha value is -2.52. The number of aryl methyl sites for hydroxylation is 2. The lowest BCUT2D eigenvalue weighted by atomic mass is 10.2. The molecular weight excluding hydrogens is 352 g/mol. The van der Waals surface area contributed by atoms with Gasteiger partial charge in [0, 0.05) is 7.05 Å². The molecule has 0 aliphatic rings. The van der Waals surface area contributed by atoms with Gasteiger partial charge < -0.3 is 9.67 Å². The molecule has 0 saturated heterocycles. The average molecular weight is 364 g/mol. The van der Waals surface area contributed by atoms with Crippen molar-refractivity contribution in [2.24, 2.45) is 7.05 Å². The molecule has 0 bridgehead atoms. The minimum Gasteiger partial charge on any atom is -0.477 e. The van der Waals surface area contributed by atoms with E-state index < -0.39 is 15.8 Å². The second kappa shape index (κ2) is 5.53. The summed E-state index contributed by atoms with van der Waals surface area (Å²) in [7, 11) is -2.40. The molecule has 1 N–H and O–H groups in total. The second-order valence-electron chi connectivity index (χ2n) is 5.19. The van der Waals surface area contributed by atoms with Crippen LogP contribution in [0, 0.1) is 6.92 Å². The number of aromatic carboxylic acids is 1. The van der Waals surface area contributed by atoms with Gasteiger partial charge in [0.25, 0.3) is 0 Å². The number of carbonyl (C=O) groups is 2. The Bertz CT molecular complexity index is 1080. The summed E-state index contributed by atoms with van der Waals surface area (Å²) in [6.07, 6.45) is 0.409. The smallest absolute Gasteiger partial charge is 0.353 e. The lowest BCUT2D eigenvalue weighted by molar-refractivity contribution is 0.0684. The van der Waals surface area contributed by atoms with Gasteiger partial charge in [0.15, 0.2) is 11.9 Å². The fourth-order valence-corrected chi connectivity index (χ4v) is 5.11. The van der Waals surface area contributed by atoms with E-state index >= 15 is 0 Å². The number of carbonyl (C=O) groups excluding carboxylic acids is 1. The third-order valence-corrected chi connectivity index (χ3v) is 6.85. The predicted molar refractivity (Wildman–Crippen MR) is 87.6 cm³/mol.